The zero-order valence-electron chi connectivity index (χ0n) is 11.9. The van der Waals surface area contributed by atoms with E-state index in [9.17, 15) is 0 Å². The van der Waals surface area contributed by atoms with Gasteiger partial charge in [-0.3, -0.25) is 0 Å². The van der Waals surface area contributed by atoms with E-state index < -0.39 is 0 Å². The van der Waals surface area contributed by atoms with Crippen molar-refractivity contribution in [1.82, 2.24) is 0 Å². The average Bonchev–Trinajstić information content (AvgIpc) is 2.37. The minimum atomic E-state index is 0.477. The van der Waals surface area contributed by atoms with Crippen LogP contribution in [0.3, 0.4) is 0 Å². The molecule has 3 nitrogen and oxygen atoms in total. The molecule has 0 aromatic heterocycles. The topological polar surface area (TPSA) is 44.5 Å². The van der Waals surface area contributed by atoms with E-state index in [1.807, 2.05) is 32.1 Å². The van der Waals surface area contributed by atoms with Gasteiger partial charge >= 0.3 is 0 Å². The van der Waals surface area contributed by atoms with Gasteiger partial charge in [0.15, 0.2) is 11.5 Å². The van der Waals surface area contributed by atoms with E-state index in [1.54, 1.807) is 0 Å². The third-order valence-corrected chi connectivity index (χ3v) is 2.55. The predicted octanol–water partition coefficient (Wildman–Crippen LogP) is 3.23. The van der Waals surface area contributed by atoms with Gasteiger partial charge in [-0.25, -0.2) is 0 Å². The molecule has 0 atom stereocenters. The normalized spacial score (nSPS) is 10.1. The van der Waals surface area contributed by atoms with Gasteiger partial charge in [0.05, 0.1) is 6.61 Å². The highest BCUT2D eigenvalue weighted by atomic mass is 16.5. The number of ether oxygens (including phenoxy) is 2. The monoisotopic (exact) mass is 261 g/mol. The SMILES string of the molecule is C=CCc1cc(CN)cc(OCC)c1OCC(=C)C. The maximum Gasteiger partial charge on any atom is 0.165 e. The highest BCUT2D eigenvalue weighted by Gasteiger charge is 2.12. The van der Waals surface area contributed by atoms with Gasteiger partial charge in [-0.15, -0.1) is 6.58 Å². The summed E-state index contributed by atoms with van der Waals surface area (Å²) in [5, 5.41) is 0. The average molecular weight is 261 g/mol. The molecule has 1 rings (SSSR count). The Labute approximate surface area is 115 Å². The van der Waals surface area contributed by atoms with Gasteiger partial charge in [0.1, 0.15) is 6.61 Å². The fourth-order valence-corrected chi connectivity index (χ4v) is 1.77. The van der Waals surface area contributed by atoms with Crippen LogP contribution in [0.15, 0.2) is 36.9 Å². The Kier molecular flexibility index (Phi) is 6.16. The largest absolute Gasteiger partial charge is 0.490 e. The van der Waals surface area contributed by atoms with Gasteiger partial charge in [0.2, 0.25) is 0 Å². The molecule has 0 heterocycles. The summed E-state index contributed by atoms with van der Waals surface area (Å²) in [4.78, 5) is 0. The molecule has 0 radical (unpaired) electrons. The quantitative estimate of drug-likeness (QED) is 0.731. The fraction of sp³-hybridized carbons (Fsp3) is 0.375. The van der Waals surface area contributed by atoms with Gasteiger partial charge in [0, 0.05) is 12.1 Å². The van der Waals surface area contributed by atoms with Crippen LogP contribution >= 0.6 is 0 Å². The van der Waals surface area contributed by atoms with E-state index in [1.165, 1.54) is 0 Å². The highest BCUT2D eigenvalue weighted by molar-refractivity contribution is 5.50. The molecular weight excluding hydrogens is 238 g/mol. The Morgan fingerprint density at radius 3 is 2.63 bits per heavy atom. The molecule has 0 amide bonds. The third-order valence-electron chi connectivity index (χ3n) is 2.55. The number of nitrogens with two attached hydrogens (primary N) is 1. The van der Waals surface area contributed by atoms with Gasteiger partial charge in [-0.2, -0.15) is 0 Å². The predicted molar refractivity (Wildman–Crippen MR) is 79.7 cm³/mol. The standard InChI is InChI=1S/C16H23NO2/c1-5-7-14-8-13(10-17)9-15(18-6-2)16(14)19-11-12(3)4/h5,8-9H,1,3,6-7,10-11,17H2,2,4H3. The lowest BCUT2D eigenvalue weighted by molar-refractivity contribution is 0.291. The van der Waals surface area contributed by atoms with Gasteiger partial charge < -0.3 is 15.2 Å². The molecule has 3 heteroatoms. The van der Waals surface area contributed by atoms with Crippen LogP contribution in [0.5, 0.6) is 11.5 Å². The zero-order chi connectivity index (χ0) is 14.3. The van der Waals surface area contributed by atoms with Crippen LogP contribution in [-0.2, 0) is 13.0 Å². The van der Waals surface area contributed by atoms with Crippen molar-refractivity contribution in [1.29, 1.82) is 0 Å². The smallest absolute Gasteiger partial charge is 0.165 e. The van der Waals surface area contributed by atoms with Crippen LogP contribution in [-0.4, -0.2) is 13.2 Å². The zero-order valence-corrected chi connectivity index (χ0v) is 11.9. The summed E-state index contributed by atoms with van der Waals surface area (Å²) in [5.41, 5.74) is 8.76. The van der Waals surface area contributed by atoms with Crippen LogP contribution < -0.4 is 15.2 Å². The Morgan fingerprint density at radius 2 is 2.11 bits per heavy atom. The van der Waals surface area contributed by atoms with E-state index >= 15 is 0 Å². The van der Waals surface area contributed by atoms with Crippen molar-refractivity contribution < 1.29 is 9.47 Å². The molecule has 2 N–H and O–H groups in total. The molecule has 0 bridgehead atoms. The van der Waals surface area contributed by atoms with Crippen LogP contribution in [0.25, 0.3) is 0 Å². The van der Waals surface area contributed by atoms with E-state index in [0.29, 0.717) is 19.8 Å². The van der Waals surface area contributed by atoms with Crippen molar-refractivity contribution in [3.63, 3.8) is 0 Å². The first kappa shape index (κ1) is 15.3. The number of benzene rings is 1. The van der Waals surface area contributed by atoms with E-state index in [-0.39, 0.29) is 0 Å². The molecule has 1 aromatic carbocycles. The summed E-state index contributed by atoms with van der Waals surface area (Å²) in [5.74, 6) is 1.51. The number of hydrogen-bond donors (Lipinski definition) is 1. The molecule has 0 aliphatic heterocycles. The summed E-state index contributed by atoms with van der Waals surface area (Å²) in [6.07, 6.45) is 2.57. The van der Waals surface area contributed by atoms with Crippen LogP contribution in [0, 0.1) is 0 Å². The Hall–Kier alpha value is -1.74. The minimum absolute atomic E-state index is 0.477. The summed E-state index contributed by atoms with van der Waals surface area (Å²) < 4.78 is 11.5. The summed E-state index contributed by atoms with van der Waals surface area (Å²) in [6.45, 7) is 13.1. The molecule has 104 valence electrons. The first-order valence-corrected chi connectivity index (χ1v) is 6.49. The highest BCUT2D eigenvalue weighted by Crippen LogP contribution is 2.34. The summed E-state index contributed by atoms with van der Waals surface area (Å²) in [7, 11) is 0. The Bertz CT molecular complexity index is 452. The minimum Gasteiger partial charge on any atom is -0.490 e. The van der Waals surface area contributed by atoms with Crippen molar-refractivity contribution in [2.24, 2.45) is 5.73 Å². The van der Waals surface area contributed by atoms with Gasteiger partial charge in [-0.05, 0) is 37.5 Å². The lowest BCUT2D eigenvalue weighted by atomic mass is 10.1. The number of allylic oxidation sites excluding steroid dienone is 1. The first-order valence-electron chi connectivity index (χ1n) is 6.49. The van der Waals surface area contributed by atoms with Crippen LogP contribution in [0.4, 0.5) is 0 Å². The second-order valence-corrected chi connectivity index (χ2v) is 4.46. The molecule has 1 aromatic rings. The molecule has 0 aliphatic rings. The Morgan fingerprint density at radius 1 is 1.37 bits per heavy atom. The summed E-state index contributed by atoms with van der Waals surface area (Å²) in [6, 6.07) is 3.97. The van der Waals surface area contributed by atoms with Crippen molar-refractivity contribution in [3.05, 3.63) is 48.1 Å². The van der Waals surface area contributed by atoms with Crippen LogP contribution in [0.2, 0.25) is 0 Å². The lowest BCUT2D eigenvalue weighted by Gasteiger charge is -2.17. The van der Waals surface area contributed by atoms with Crippen molar-refractivity contribution in [3.8, 4) is 11.5 Å². The fourth-order valence-electron chi connectivity index (χ4n) is 1.77. The van der Waals surface area contributed by atoms with E-state index in [2.05, 4.69) is 13.2 Å². The van der Waals surface area contributed by atoms with Crippen LogP contribution in [0.1, 0.15) is 25.0 Å². The molecule has 0 saturated carbocycles. The second-order valence-electron chi connectivity index (χ2n) is 4.46. The number of hydrogen-bond acceptors (Lipinski definition) is 3. The first-order chi connectivity index (χ1) is 9.12. The second kappa shape index (κ2) is 7.64. The van der Waals surface area contributed by atoms with Crippen molar-refractivity contribution in [2.45, 2.75) is 26.8 Å². The van der Waals surface area contributed by atoms with Crippen molar-refractivity contribution >= 4 is 0 Å². The van der Waals surface area contributed by atoms with Crippen molar-refractivity contribution in [2.75, 3.05) is 13.2 Å². The lowest BCUT2D eigenvalue weighted by Crippen LogP contribution is -2.06. The maximum absolute atomic E-state index is 5.82. The maximum atomic E-state index is 5.82. The van der Waals surface area contributed by atoms with Gasteiger partial charge in [0.25, 0.3) is 0 Å². The Balaban J connectivity index is 3.17. The molecule has 0 aliphatic carbocycles. The summed E-state index contributed by atoms with van der Waals surface area (Å²) >= 11 is 0. The molecular formula is C16H23NO2. The van der Waals surface area contributed by atoms with Gasteiger partial charge in [-0.1, -0.05) is 18.7 Å². The molecule has 0 spiro atoms. The number of rotatable bonds is 8. The molecule has 0 saturated heterocycles. The molecule has 19 heavy (non-hydrogen) atoms. The third kappa shape index (κ3) is 4.45. The molecule has 0 unspecified atom stereocenters. The van der Waals surface area contributed by atoms with E-state index in [4.69, 9.17) is 15.2 Å². The van der Waals surface area contributed by atoms with E-state index in [0.717, 1.165) is 34.6 Å². The molecule has 0 fully saturated rings.